The standard InChI is InChI=1S/C24H20ClN3O2/c1-2-16-7-6-10-19(13-16)26-22(29)15-28-21-12-11-18(25)14-20(21)23(27-24(28)30)17-8-4-3-5-9-17/h3-14H,2,15H2,1H3,(H,26,29). The zero-order valence-corrected chi connectivity index (χ0v) is 17.2. The Labute approximate surface area is 179 Å². The highest BCUT2D eigenvalue weighted by Gasteiger charge is 2.15. The van der Waals surface area contributed by atoms with Gasteiger partial charge in [-0.15, -0.1) is 0 Å². The van der Waals surface area contributed by atoms with Crippen molar-refractivity contribution in [1.82, 2.24) is 9.55 Å². The van der Waals surface area contributed by atoms with Crippen molar-refractivity contribution in [2.75, 3.05) is 5.32 Å². The normalized spacial score (nSPS) is 10.9. The molecule has 3 aromatic carbocycles. The third kappa shape index (κ3) is 4.11. The second-order valence-corrected chi connectivity index (χ2v) is 7.40. The third-order valence-electron chi connectivity index (χ3n) is 4.91. The van der Waals surface area contributed by atoms with Gasteiger partial charge in [-0.1, -0.05) is 61.0 Å². The molecule has 0 aliphatic heterocycles. The molecule has 30 heavy (non-hydrogen) atoms. The Morgan fingerprint density at radius 3 is 2.60 bits per heavy atom. The van der Waals surface area contributed by atoms with Gasteiger partial charge in [0, 0.05) is 21.7 Å². The molecule has 4 aromatic rings. The Balaban J connectivity index is 1.73. The molecular weight excluding hydrogens is 398 g/mol. The minimum Gasteiger partial charge on any atom is -0.325 e. The van der Waals surface area contributed by atoms with Crippen molar-refractivity contribution < 1.29 is 4.79 Å². The summed E-state index contributed by atoms with van der Waals surface area (Å²) in [5, 5.41) is 4.11. The lowest BCUT2D eigenvalue weighted by Gasteiger charge is -2.13. The van der Waals surface area contributed by atoms with E-state index in [1.54, 1.807) is 18.2 Å². The average molecular weight is 418 g/mol. The summed E-state index contributed by atoms with van der Waals surface area (Å²) in [5.74, 6) is -0.295. The van der Waals surface area contributed by atoms with Crippen molar-refractivity contribution in [3.8, 4) is 11.3 Å². The molecule has 0 radical (unpaired) electrons. The Kier molecular flexibility index (Phi) is 5.63. The van der Waals surface area contributed by atoms with Crippen LogP contribution in [0.25, 0.3) is 22.2 Å². The molecule has 0 saturated carbocycles. The summed E-state index contributed by atoms with van der Waals surface area (Å²) in [4.78, 5) is 29.8. The zero-order chi connectivity index (χ0) is 21.1. The molecule has 0 spiro atoms. The lowest BCUT2D eigenvalue weighted by atomic mass is 10.1. The number of nitrogens with zero attached hydrogens (tertiary/aromatic N) is 2. The van der Waals surface area contributed by atoms with Crippen molar-refractivity contribution >= 4 is 34.1 Å². The molecule has 0 aliphatic rings. The fourth-order valence-electron chi connectivity index (χ4n) is 3.43. The topological polar surface area (TPSA) is 64.0 Å². The first-order chi connectivity index (χ1) is 14.5. The predicted molar refractivity (Wildman–Crippen MR) is 121 cm³/mol. The van der Waals surface area contributed by atoms with Crippen LogP contribution in [-0.4, -0.2) is 15.5 Å². The lowest BCUT2D eigenvalue weighted by molar-refractivity contribution is -0.116. The number of hydrogen-bond donors (Lipinski definition) is 1. The number of carbonyl (C=O) groups excluding carboxylic acids is 1. The van der Waals surface area contributed by atoms with Crippen LogP contribution in [0.15, 0.2) is 77.6 Å². The molecule has 0 fully saturated rings. The minimum absolute atomic E-state index is 0.143. The van der Waals surface area contributed by atoms with Crippen molar-refractivity contribution in [3.05, 3.63) is 93.9 Å². The highest BCUT2D eigenvalue weighted by atomic mass is 35.5. The number of carbonyl (C=O) groups is 1. The van der Waals surface area contributed by atoms with E-state index in [1.165, 1.54) is 4.57 Å². The molecule has 0 unspecified atom stereocenters. The zero-order valence-electron chi connectivity index (χ0n) is 16.4. The number of aryl methyl sites for hydroxylation is 1. The van der Waals surface area contributed by atoms with Crippen LogP contribution in [0.2, 0.25) is 5.02 Å². The average Bonchev–Trinajstić information content (AvgIpc) is 2.76. The molecule has 0 aliphatic carbocycles. The Morgan fingerprint density at radius 1 is 1.03 bits per heavy atom. The number of halogens is 1. The first kappa shape index (κ1) is 19.9. The Morgan fingerprint density at radius 2 is 1.83 bits per heavy atom. The molecule has 0 saturated heterocycles. The minimum atomic E-state index is -0.485. The first-order valence-electron chi connectivity index (χ1n) is 9.69. The van der Waals surface area contributed by atoms with E-state index in [-0.39, 0.29) is 12.5 Å². The van der Waals surface area contributed by atoms with E-state index in [1.807, 2.05) is 54.6 Å². The highest BCUT2D eigenvalue weighted by Crippen LogP contribution is 2.27. The van der Waals surface area contributed by atoms with Crippen LogP contribution in [0.3, 0.4) is 0 Å². The molecule has 5 nitrogen and oxygen atoms in total. The second-order valence-electron chi connectivity index (χ2n) is 6.96. The summed E-state index contributed by atoms with van der Waals surface area (Å²) in [6.07, 6.45) is 0.874. The van der Waals surface area contributed by atoms with Gasteiger partial charge in [-0.05, 0) is 42.3 Å². The molecule has 1 heterocycles. The van der Waals surface area contributed by atoms with Crippen LogP contribution in [0.5, 0.6) is 0 Å². The van der Waals surface area contributed by atoms with E-state index < -0.39 is 5.69 Å². The van der Waals surface area contributed by atoms with E-state index in [0.717, 1.165) is 17.5 Å². The van der Waals surface area contributed by atoms with Crippen LogP contribution in [-0.2, 0) is 17.8 Å². The van der Waals surface area contributed by atoms with Gasteiger partial charge in [0.25, 0.3) is 0 Å². The first-order valence-corrected chi connectivity index (χ1v) is 10.1. The van der Waals surface area contributed by atoms with Gasteiger partial charge in [-0.3, -0.25) is 9.36 Å². The number of rotatable bonds is 5. The van der Waals surface area contributed by atoms with E-state index in [2.05, 4.69) is 17.2 Å². The lowest BCUT2D eigenvalue weighted by Crippen LogP contribution is -2.30. The Hall–Kier alpha value is -3.44. The van der Waals surface area contributed by atoms with Crippen LogP contribution >= 0.6 is 11.6 Å². The predicted octanol–water partition coefficient (Wildman–Crippen LogP) is 4.92. The number of amides is 1. The second kappa shape index (κ2) is 8.51. The fraction of sp³-hybridized carbons (Fsp3) is 0.125. The molecule has 1 amide bonds. The summed E-state index contributed by atoms with van der Waals surface area (Å²) < 4.78 is 1.37. The summed E-state index contributed by atoms with van der Waals surface area (Å²) in [7, 11) is 0. The maximum absolute atomic E-state index is 12.8. The molecule has 0 atom stereocenters. The van der Waals surface area contributed by atoms with Gasteiger partial charge in [-0.2, -0.15) is 4.98 Å². The number of fused-ring (bicyclic) bond motifs is 1. The summed E-state index contributed by atoms with van der Waals surface area (Å²) in [6.45, 7) is 1.91. The maximum atomic E-state index is 12.8. The molecule has 150 valence electrons. The number of anilines is 1. The van der Waals surface area contributed by atoms with E-state index in [9.17, 15) is 9.59 Å². The summed E-state index contributed by atoms with van der Waals surface area (Å²) in [5.41, 5.74) is 3.31. The SMILES string of the molecule is CCc1cccc(NC(=O)Cn2c(=O)nc(-c3ccccc3)c3cc(Cl)ccc32)c1. The highest BCUT2D eigenvalue weighted by molar-refractivity contribution is 6.31. The number of hydrogen-bond acceptors (Lipinski definition) is 3. The largest absolute Gasteiger partial charge is 0.349 e. The van der Waals surface area contributed by atoms with Crippen LogP contribution in [0, 0.1) is 0 Å². The van der Waals surface area contributed by atoms with Gasteiger partial charge in [-0.25, -0.2) is 4.79 Å². The number of benzene rings is 3. The van der Waals surface area contributed by atoms with E-state index >= 15 is 0 Å². The number of nitrogens with one attached hydrogen (secondary N) is 1. The molecule has 4 rings (SSSR count). The summed E-state index contributed by atoms with van der Waals surface area (Å²) >= 11 is 6.22. The quantitative estimate of drug-likeness (QED) is 0.501. The fourth-order valence-corrected chi connectivity index (χ4v) is 3.61. The van der Waals surface area contributed by atoms with Gasteiger partial charge in [0.1, 0.15) is 6.54 Å². The van der Waals surface area contributed by atoms with Gasteiger partial charge in [0.05, 0.1) is 11.2 Å². The van der Waals surface area contributed by atoms with Crippen molar-refractivity contribution in [3.63, 3.8) is 0 Å². The van der Waals surface area contributed by atoms with Gasteiger partial charge >= 0.3 is 5.69 Å². The molecule has 0 bridgehead atoms. The number of aromatic nitrogens is 2. The monoisotopic (exact) mass is 417 g/mol. The van der Waals surface area contributed by atoms with E-state index in [4.69, 9.17) is 11.6 Å². The third-order valence-corrected chi connectivity index (χ3v) is 5.15. The summed E-state index contributed by atoms with van der Waals surface area (Å²) in [6, 6.07) is 22.3. The van der Waals surface area contributed by atoms with Gasteiger partial charge < -0.3 is 5.32 Å². The van der Waals surface area contributed by atoms with Crippen LogP contribution in [0.4, 0.5) is 5.69 Å². The van der Waals surface area contributed by atoms with Crippen molar-refractivity contribution in [2.24, 2.45) is 0 Å². The molecular formula is C24H20ClN3O2. The van der Waals surface area contributed by atoms with Gasteiger partial charge in [0.2, 0.25) is 5.91 Å². The van der Waals surface area contributed by atoms with Crippen LogP contribution < -0.4 is 11.0 Å². The molecule has 1 N–H and O–H groups in total. The van der Waals surface area contributed by atoms with Gasteiger partial charge in [0.15, 0.2) is 0 Å². The Bertz CT molecular complexity index is 1280. The van der Waals surface area contributed by atoms with Crippen molar-refractivity contribution in [2.45, 2.75) is 19.9 Å². The molecule has 1 aromatic heterocycles. The molecule has 6 heteroatoms. The van der Waals surface area contributed by atoms with Crippen LogP contribution in [0.1, 0.15) is 12.5 Å². The maximum Gasteiger partial charge on any atom is 0.349 e. The van der Waals surface area contributed by atoms with E-state index in [0.29, 0.717) is 27.3 Å². The smallest absolute Gasteiger partial charge is 0.325 e. The van der Waals surface area contributed by atoms with Crippen molar-refractivity contribution in [1.29, 1.82) is 0 Å².